The highest BCUT2D eigenvalue weighted by molar-refractivity contribution is 7.02. The maximum absolute atomic E-state index is 2.47. The first-order chi connectivity index (χ1) is 23.4. The fraction of sp³-hybridized carbons (Fsp3) is 0.739. The molecule has 0 spiro atoms. The predicted molar refractivity (Wildman–Crippen MR) is 223 cm³/mol. The molecule has 0 fully saturated rings. The summed E-state index contributed by atoms with van der Waals surface area (Å²) in [6.07, 6.45) is 30.3. The summed E-state index contributed by atoms with van der Waals surface area (Å²) in [6.45, 7) is 23.3. The average molecular weight is 662 g/mol. The Balaban J connectivity index is 0.00000112. The van der Waals surface area contributed by atoms with Gasteiger partial charge in [0.25, 0.3) is 0 Å². The molecule has 0 aliphatic rings. The number of quaternary nitrogens is 1. The van der Waals surface area contributed by atoms with Gasteiger partial charge < -0.3 is 4.48 Å². The second-order valence-corrected chi connectivity index (χ2v) is 15.6. The van der Waals surface area contributed by atoms with E-state index >= 15 is 0 Å². The molecule has 0 radical (unpaired) electrons. The van der Waals surface area contributed by atoms with Crippen LogP contribution in [0.25, 0.3) is 0 Å². The Labute approximate surface area is 303 Å². The first kappa shape index (κ1) is 44.5. The summed E-state index contributed by atoms with van der Waals surface area (Å²) >= 11 is 0. The Morgan fingerprint density at radius 3 is 0.833 bits per heavy atom. The van der Waals surface area contributed by atoms with E-state index in [4.69, 9.17) is 0 Å². The zero-order chi connectivity index (χ0) is 35.4. The van der Waals surface area contributed by atoms with Crippen molar-refractivity contribution >= 4 is 17.1 Å². The zero-order valence-electron chi connectivity index (χ0n) is 34.0. The molecule has 2 aromatic carbocycles. The molecule has 0 aliphatic carbocycles. The van der Waals surface area contributed by atoms with Crippen LogP contribution in [-0.2, 0) is 0 Å². The molecule has 0 saturated carbocycles. The van der Waals surface area contributed by atoms with Crippen LogP contribution in [0.1, 0.15) is 181 Å². The Bertz CT molecular complexity index is 885. The fourth-order valence-electron chi connectivity index (χ4n) is 8.18. The van der Waals surface area contributed by atoms with Crippen molar-refractivity contribution in [2.75, 3.05) is 26.2 Å². The monoisotopic (exact) mass is 662 g/mol. The van der Waals surface area contributed by atoms with E-state index in [1.54, 1.807) is 10.9 Å². The van der Waals surface area contributed by atoms with Gasteiger partial charge in [-0.2, -0.15) is 12.6 Å². The van der Waals surface area contributed by atoms with Gasteiger partial charge in [-0.3, -0.25) is 0 Å². The Kier molecular flexibility index (Phi) is 26.1. The number of nitrogens with zero attached hydrogens (tertiary/aromatic N) is 1. The molecule has 1 nitrogen and oxygen atoms in total. The summed E-state index contributed by atoms with van der Waals surface area (Å²) in [5.74, 6) is 0. The first-order valence-corrected chi connectivity index (χ1v) is 21.5. The molecule has 2 aromatic rings. The van der Waals surface area contributed by atoms with Crippen LogP contribution in [0.3, 0.4) is 0 Å². The van der Waals surface area contributed by atoms with Crippen LogP contribution in [0, 0.1) is 13.8 Å². The highest BCUT2D eigenvalue weighted by Crippen LogP contribution is 2.25. The van der Waals surface area contributed by atoms with Gasteiger partial charge in [-0.1, -0.05) is 202 Å². The van der Waals surface area contributed by atoms with E-state index in [9.17, 15) is 0 Å². The number of unbranched alkanes of at least 4 members (excludes halogenated alkanes) is 18. The summed E-state index contributed by atoms with van der Waals surface area (Å²) < 4.78 is 1.28. The lowest BCUT2D eigenvalue weighted by Gasteiger charge is -2.43. The van der Waals surface area contributed by atoms with Crippen LogP contribution in [0.4, 0.5) is 0 Å². The van der Waals surface area contributed by atoms with Gasteiger partial charge in [-0.25, -0.2) is 10.9 Å². The van der Waals surface area contributed by atoms with Crippen LogP contribution < -0.4 is 10.9 Å². The van der Waals surface area contributed by atoms with Gasteiger partial charge in [0, 0.05) is 0 Å². The second kappa shape index (κ2) is 28.2. The van der Waals surface area contributed by atoms with E-state index in [1.807, 2.05) is 0 Å². The first-order valence-electron chi connectivity index (χ1n) is 21.5. The number of rotatable bonds is 28. The van der Waals surface area contributed by atoms with E-state index < -0.39 is 6.15 Å². The molecule has 0 atom stereocenters. The van der Waals surface area contributed by atoms with Crippen molar-refractivity contribution in [1.82, 2.24) is 0 Å². The lowest BCUT2D eigenvalue weighted by molar-refractivity contribution is -0.921. The molecule has 0 N–H and O–H groups in total. The van der Waals surface area contributed by atoms with Gasteiger partial charge in [0.1, 0.15) is 0 Å². The molecule has 2 heteroatoms. The largest absolute Gasteiger partial charge is 0.325 e. The predicted octanol–water partition coefficient (Wildman–Crippen LogP) is 13.6. The summed E-state index contributed by atoms with van der Waals surface area (Å²) in [5, 5.41) is 0. The van der Waals surface area contributed by atoms with Crippen LogP contribution in [0.2, 0.25) is 12.6 Å². The second-order valence-electron chi connectivity index (χ2n) is 15.6. The van der Waals surface area contributed by atoms with Gasteiger partial charge in [0.15, 0.2) is 0 Å². The normalized spacial score (nSPS) is 11.8. The van der Waals surface area contributed by atoms with Gasteiger partial charge in [-0.15, -0.1) is 0 Å². The Morgan fingerprint density at radius 2 is 0.604 bits per heavy atom. The van der Waals surface area contributed by atoms with Crippen molar-refractivity contribution < 1.29 is 4.48 Å². The summed E-state index contributed by atoms with van der Waals surface area (Å²) in [5.41, 5.74) is 5.98. The Morgan fingerprint density at radius 1 is 0.354 bits per heavy atom. The smallest absolute Gasteiger partial charge is 0.0757 e. The number of aryl methyl sites for hydroxylation is 2. The Hall–Kier alpha value is -1.54. The third kappa shape index (κ3) is 17.9. The lowest BCUT2D eigenvalue weighted by Crippen LogP contribution is -2.58. The van der Waals surface area contributed by atoms with Crippen molar-refractivity contribution in [3.63, 3.8) is 0 Å². The molecule has 2 rings (SSSR count). The van der Waals surface area contributed by atoms with Crippen molar-refractivity contribution in [1.29, 1.82) is 0 Å². The number of benzene rings is 2. The van der Waals surface area contributed by atoms with Crippen LogP contribution in [0.5, 0.6) is 0 Å². The molecule has 0 amide bonds. The SMILES string of the molecule is CCCCCCCCCCCC[B-](CCCCCCCCCCCC)(c1ccc(C)cc1)c1ccc(C)cc1.CC[N+](CC)(CC)CC. The third-order valence-corrected chi connectivity index (χ3v) is 12.2. The lowest BCUT2D eigenvalue weighted by atomic mass is 9.15. The molecular formula is C46H84BN. The number of hydrogen-bond acceptors (Lipinski definition) is 0. The van der Waals surface area contributed by atoms with Gasteiger partial charge in [0.2, 0.25) is 0 Å². The maximum atomic E-state index is 2.47. The molecule has 0 bridgehead atoms. The number of hydrogen-bond donors (Lipinski definition) is 0. The van der Waals surface area contributed by atoms with E-state index in [-0.39, 0.29) is 0 Å². The molecular weight excluding hydrogens is 577 g/mol. The fourth-order valence-corrected chi connectivity index (χ4v) is 8.18. The minimum absolute atomic E-state index is 0.713. The maximum Gasteiger partial charge on any atom is 0.0757 e. The van der Waals surface area contributed by atoms with Gasteiger partial charge >= 0.3 is 0 Å². The van der Waals surface area contributed by atoms with Gasteiger partial charge in [-0.05, 0) is 41.5 Å². The molecule has 0 aliphatic heterocycles. The molecule has 48 heavy (non-hydrogen) atoms. The van der Waals surface area contributed by atoms with Crippen molar-refractivity contribution in [2.45, 2.75) is 196 Å². The standard InChI is InChI=1S/C38H64B.C8H20N/c1-5-7-9-11-13-15-17-19-21-23-33-39(37-29-25-35(3)26-30-37,38-31-27-36(4)28-32-38)34-24-22-20-18-16-14-12-10-8-6-2;1-5-9(6-2,7-3)8-4/h25-32H,5-24,33-34H2,1-4H3;5-8H2,1-4H3/q-1;+1. The van der Waals surface area contributed by atoms with Crippen molar-refractivity contribution in [3.05, 3.63) is 59.7 Å². The quantitative estimate of drug-likeness (QED) is 0.0484. The molecule has 0 unspecified atom stereocenters. The molecule has 276 valence electrons. The van der Waals surface area contributed by atoms with Crippen LogP contribution in [0.15, 0.2) is 48.5 Å². The minimum Gasteiger partial charge on any atom is -0.325 e. The molecule has 0 heterocycles. The highest BCUT2D eigenvalue weighted by atomic mass is 15.3. The van der Waals surface area contributed by atoms with Crippen LogP contribution in [-0.4, -0.2) is 36.8 Å². The average Bonchev–Trinajstić information content (AvgIpc) is 3.11. The van der Waals surface area contributed by atoms with E-state index in [0.29, 0.717) is 0 Å². The van der Waals surface area contributed by atoms with Crippen molar-refractivity contribution in [2.24, 2.45) is 0 Å². The summed E-state index contributed by atoms with van der Waals surface area (Å²) in [6, 6.07) is 19.3. The van der Waals surface area contributed by atoms with E-state index in [0.717, 1.165) is 0 Å². The molecule has 0 saturated heterocycles. The summed E-state index contributed by atoms with van der Waals surface area (Å²) in [7, 11) is 0. The highest BCUT2D eigenvalue weighted by Gasteiger charge is 2.27. The van der Waals surface area contributed by atoms with Crippen molar-refractivity contribution in [3.8, 4) is 0 Å². The molecule has 0 aromatic heterocycles. The topological polar surface area (TPSA) is 0 Å². The third-order valence-electron chi connectivity index (χ3n) is 12.2. The van der Waals surface area contributed by atoms with Crippen LogP contribution >= 0.6 is 0 Å². The zero-order valence-corrected chi connectivity index (χ0v) is 34.0. The van der Waals surface area contributed by atoms with Gasteiger partial charge in [0.05, 0.1) is 32.3 Å². The minimum atomic E-state index is -0.713. The van der Waals surface area contributed by atoms with E-state index in [1.165, 1.54) is 183 Å². The van der Waals surface area contributed by atoms with E-state index in [2.05, 4.69) is 104 Å². The summed E-state index contributed by atoms with van der Waals surface area (Å²) in [4.78, 5) is 0.